The molecule has 3 aliphatic carbocycles. The first-order valence-corrected chi connectivity index (χ1v) is 9.47. The molecule has 3 aliphatic rings. The molecule has 0 heterocycles. The van der Waals surface area contributed by atoms with Crippen molar-refractivity contribution in [2.24, 2.45) is 17.6 Å². The molecule has 10 heteroatoms. The molecular weight excluding hydrogens is 410 g/mol. The summed E-state index contributed by atoms with van der Waals surface area (Å²) in [5.74, 6) is -9.32. The van der Waals surface area contributed by atoms with Crippen molar-refractivity contribution in [1.29, 1.82) is 0 Å². The minimum absolute atomic E-state index is 0.0385. The number of carbonyl (C=O) groups excluding carboxylic acids is 3. The van der Waals surface area contributed by atoms with Gasteiger partial charge in [0.05, 0.1) is 40.7 Å². The van der Waals surface area contributed by atoms with Crippen LogP contribution in [0.1, 0.15) is 29.8 Å². The van der Waals surface area contributed by atoms with Gasteiger partial charge in [-0.15, -0.1) is 0 Å². The Hall–Kier alpha value is -3.05. The quantitative estimate of drug-likeness (QED) is 0.278. The smallest absolute Gasteiger partial charge is 0.209 e. The van der Waals surface area contributed by atoms with E-state index in [0.29, 0.717) is 0 Å². The normalized spacial score (nSPS) is 37.4. The maximum absolute atomic E-state index is 13.2. The molecule has 0 saturated carbocycles. The Morgan fingerprint density at radius 3 is 2.32 bits per heavy atom. The van der Waals surface area contributed by atoms with Crippen LogP contribution in [-0.2, 0) is 15.2 Å². The predicted octanol–water partition coefficient (Wildman–Crippen LogP) is -0.743. The average Bonchev–Trinajstić information content (AvgIpc) is 2.67. The van der Waals surface area contributed by atoms with Gasteiger partial charge in [0, 0.05) is 0 Å². The van der Waals surface area contributed by atoms with Crippen molar-refractivity contribution in [1.82, 2.24) is 0 Å². The first-order valence-electron chi connectivity index (χ1n) is 9.47. The molecule has 1 aromatic rings. The highest BCUT2D eigenvalue weighted by atomic mass is 16.4. The van der Waals surface area contributed by atoms with Crippen LogP contribution in [0, 0.1) is 11.8 Å². The maximum atomic E-state index is 13.2. The van der Waals surface area contributed by atoms with E-state index >= 15 is 0 Å². The van der Waals surface area contributed by atoms with Crippen molar-refractivity contribution in [2.75, 3.05) is 0 Å². The number of phenols is 1. The maximum Gasteiger partial charge on any atom is 0.209 e. The fourth-order valence-corrected chi connectivity index (χ4v) is 5.22. The molecule has 1 aromatic carbocycles. The Morgan fingerprint density at radius 2 is 1.74 bits per heavy atom. The highest BCUT2D eigenvalue weighted by Crippen LogP contribution is 2.55. The molecule has 0 amide bonds. The first-order chi connectivity index (χ1) is 14.3. The number of aliphatic hydroxyl groups is 5. The number of fused-ring (bicyclic) bond motifs is 3. The molecule has 0 aliphatic heterocycles. The lowest BCUT2D eigenvalue weighted by atomic mass is 9.54. The summed E-state index contributed by atoms with van der Waals surface area (Å²) in [5, 5.41) is 65.2. The van der Waals surface area contributed by atoms with Crippen LogP contribution in [0.5, 0.6) is 5.75 Å². The second kappa shape index (κ2) is 6.24. The van der Waals surface area contributed by atoms with E-state index in [2.05, 4.69) is 0 Å². The fourth-order valence-electron chi connectivity index (χ4n) is 5.22. The predicted molar refractivity (Wildman–Crippen MR) is 103 cm³/mol. The second-order valence-electron chi connectivity index (χ2n) is 8.37. The minimum atomic E-state index is -3.01. The van der Waals surface area contributed by atoms with Crippen LogP contribution in [-0.4, -0.2) is 65.7 Å². The zero-order valence-electron chi connectivity index (χ0n) is 16.5. The molecule has 31 heavy (non-hydrogen) atoms. The van der Waals surface area contributed by atoms with Gasteiger partial charge in [-0.1, -0.05) is 12.1 Å². The largest absolute Gasteiger partial charge is 0.510 e. The van der Waals surface area contributed by atoms with Gasteiger partial charge in [-0.2, -0.15) is 0 Å². The van der Waals surface area contributed by atoms with Gasteiger partial charge in [0.15, 0.2) is 17.2 Å². The molecule has 0 spiro atoms. The van der Waals surface area contributed by atoms with Gasteiger partial charge < -0.3 is 36.4 Å². The van der Waals surface area contributed by atoms with Crippen molar-refractivity contribution < 1.29 is 45.0 Å². The van der Waals surface area contributed by atoms with Crippen LogP contribution in [0.25, 0.3) is 0 Å². The Labute approximate surface area is 175 Å². The average molecular weight is 431 g/mol. The number of aromatic hydroxyl groups is 1. The number of hydrogen-bond acceptors (Lipinski definition) is 10. The number of nitrogens with two attached hydrogens (primary N) is 1. The SMILES string of the molecule is CC(=O)C1=C(O)[C@@H](N)C2C(O)C3C(=C(O)[C@]2(O)C1=O)C(=O)c1c(O)cccc1C3(C)O. The number of Topliss-reactive ketones (excluding diaryl/α,β-unsaturated/α-hetero) is 3. The summed E-state index contributed by atoms with van der Waals surface area (Å²) < 4.78 is 0. The molecule has 6 atom stereocenters. The van der Waals surface area contributed by atoms with E-state index in [-0.39, 0.29) is 11.1 Å². The van der Waals surface area contributed by atoms with Crippen molar-refractivity contribution in [3.63, 3.8) is 0 Å². The molecule has 0 bridgehead atoms. The highest BCUT2D eigenvalue weighted by molar-refractivity contribution is 6.25. The summed E-state index contributed by atoms with van der Waals surface area (Å²) in [6.07, 6.45) is -1.90. The van der Waals surface area contributed by atoms with Crippen LogP contribution in [0.2, 0.25) is 0 Å². The lowest BCUT2D eigenvalue weighted by Crippen LogP contribution is -2.69. The molecule has 0 radical (unpaired) electrons. The lowest BCUT2D eigenvalue weighted by Gasteiger charge is -2.53. The lowest BCUT2D eigenvalue weighted by molar-refractivity contribution is -0.167. The standard InChI is InChI=1S/C21H21NO9/c1-6(23)9-16(26)14(22)13-17(27)12-11(19(29)21(13,31)18(9)28)15(25)10-7(20(12,2)30)4-3-5-8(10)24/h3-5,12-14,17,24,26-27,29-31H,22H2,1-2H3/t12?,13?,14-,17?,20?,21+/m0/s1. The van der Waals surface area contributed by atoms with Crippen molar-refractivity contribution in [3.8, 4) is 5.75 Å². The summed E-state index contributed by atoms with van der Waals surface area (Å²) >= 11 is 0. The van der Waals surface area contributed by atoms with Crippen molar-refractivity contribution in [2.45, 2.75) is 37.2 Å². The van der Waals surface area contributed by atoms with Gasteiger partial charge in [-0.25, -0.2) is 0 Å². The summed E-state index contributed by atoms with van der Waals surface area (Å²) in [6, 6.07) is 2.24. The zero-order chi connectivity index (χ0) is 23.2. The number of phenolic OH excluding ortho intramolecular Hbond substituents is 1. The monoisotopic (exact) mass is 431 g/mol. The molecule has 10 nitrogen and oxygen atoms in total. The number of aliphatic hydroxyl groups excluding tert-OH is 3. The molecule has 0 aromatic heterocycles. The van der Waals surface area contributed by atoms with Crippen LogP contribution < -0.4 is 5.73 Å². The van der Waals surface area contributed by atoms with Gasteiger partial charge in [-0.3, -0.25) is 14.4 Å². The topological polar surface area (TPSA) is 199 Å². The zero-order valence-corrected chi connectivity index (χ0v) is 16.5. The molecule has 4 unspecified atom stereocenters. The van der Waals surface area contributed by atoms with Crippen LogP contribution in [0.4, 0.5) is 0 Å². The van der Waals surface area contributed by atoms with E-state index in [9.17, 15) is 45.0 Å². The van der Waals surface area contributed by atoms with Crippen molar-refractivity contribution >= 4 is 17.3 Å². The Bertz CT molecular complexity index is 1130. The fraction of sp³-hybridized carbons (Fsp3) is 0.381. The van der Waals surface area contributed by atoms with Crippen LogP contribution in [0.3, 0.4) is 0 Å². The Kier molecular flexibility index (Phi) is 4.26. The number of carbonyl (C=O) groups is 3. The van der Waals surface area contributed by atoms with E-state index < -0.39 is 80.9 Å². The molecule has 4 rings (SSSR count). The molecule has 0 saturated heterocycles. The molecular formula is C21H21NO9. The van der Waals surface area contributed by atoms with Gasteiger partial charge in [0.2, 0.25) is 5.78 Å². The second-order valence-corrected chi connectivity index (χ2v) is 8.37. The number of rotatable bonds is 1. The third kappa shape index (κ3) is 2.32. The van der Waals surface area contributed by atoms with Gasteiger partial charge in [0.25, 0.3) is 0 Å². The van der Waals surface area contributed by atoms with E-state index in [1.165, 1.54) is 25.1 Å². The Balaban J connectivity index is 2.08. The summed E-state index contributed by atoms with van der Waals surface area (Å²) in [7, 11) is 0. The van der Waals surface area contributed by atoms with Gasteiger partial charge in [-0.05, 0) is 25.5 Å². The summed E-state index contributed by atoms with van der Waals surface area (Å²) in [4.78, 5) is 38.2. The first kappa shape index (κ1) is 21.2. The number of hydrogen-bond donors (Lipinski definition) is 7. The number of ketones is 3. The third-order valence-electron chi connectivity index (χ3n) is 6.67. The van der Waals surface area contributed by atoms with E-state index in [1.807, 2.05) is 0 Å². The van der Waals surface area contributed by atoms with E-state index in [1.54, 1.807) is 0 Å². The minimum Gasteiger partial charge on any atom is -0.510 e. The third-order valence-corrected chi connectivity index (χ3v) is 6.67. The molecule has 8 N–H and O–H groups in total. The van der Waals surface area contributed by atoms with Crippen molar-refractivity contribution in [3.05, 3.63) is 52.0 Å². The van der Waals surface area contributed by atoms with Crippen LogP contribution in [0.15, 0.2) is 40.9 Å². The van der Waals surface area contributed by atoms with Gasteiger partial charge in [0.1, 0.15) is 22.8 Å². The highest BCUT2D eigenvalue weighted by Gasteiger charge is 2.68. The number of benzene rings is 1. The summed E-state index contributed by atoms with van der Waals surface area (Å²) in [5.41, 5.74) is -1.05. The van der Waals surface area contributed by atoms with E-state index in [4.69, 9.17) is 5.73 Å². The van der Waals surface area contributed by atoms with Gasteiger partial charge >= 0.3 is 0 Å². The molecule has 0 fully saturated rings. The van der Waals surface area contributed by atoms with E-state index in [0.717, 1.165) is 6.92 Å². The summed E-state index contributed by atoms with van der Waals surface area (Å²) in [6.45, 7) is 2.17. The van der Waals surface area contributed by atoms with Crippen LogP contribution >= 0.6 is 0 Å². The molecule has 164 valence electrons. The Morgan fingerprint density at radius 1 is 1.13 bits per heavy atom.